The lowest BCUT2D eigenvalue weighted by molar-refractivity contribution is -0.131. The fourth-order valence-electron chi connectivity index (χ4n) is 5.47. The predicted octanol–water partition coefficient (Wildman–Crippen LogP) is 6.38. The van der Waals surface area contributed by atoms with Crippen molar-refractivity contribution in [2.24, 2.45) is 11.8 Å². The van der Waals surface area contributed by atoms with Crippen LogP contribution in [0.4, 0.5) is 0 Å². The summed E-state index contributed by atoms with van der Waals surface area (Å²) < 4.78 is 7.84. The van der Waals surface area contributed by atoms with Gasteiger partial charge in [0.2, 0.25) is 5.91 Å². The second-order valence-corrected chi connectivity index (χ2v) is 10.00. The van der Waals surface area contributed by atoms with E-state index in [0.29, 0.717) is 17.7 Å². The van der Waals surface area contributed by atoms with Gasteiger partial charge in [0.1, 0.15) is 11.4 Å². The van der Waals surface area contributed by atoms with Crippen LogP contribution in [0.3, 0.4) is 0 Å². The van der Waals surface area contributed by atoms with E-state index in [2.05, 4.69) is 64.1 Å². The Morgan fingerprint density at radius 3 is 2.57 bits per heavy atom. The van der Waals surface area contributed by atoms with Gasteiger partial charge in [-0.05, 0) is 66.6 Å². The van der Waals surface area contributed by atoms with Crippen molar-refractivity contribution in [3.8, 4) is 22.5 Å². The normalized spacial score (nSPS) is 18.1. The summed E-state index contributed by atoms with van der Waals surface area (Å²) in [6.07, 6.45) is 4.93. The quantitative estimate of drug-likeness (QED) is 0.305. The van der Waals surface area contributed by atoms with Crippen LogP contribution < -0.4 is 0 Å². The van der Waals surface area contributed by atoms with Gasteiger partial charge in [-0.2, -0.15) is 0 Å². The van der Waals surface area contributed by atoms with Gasteiger partial charge in [0.15, 0.2) is 0 Å². The molecule has 2 fully saturated rings. The minimum atomic E-state index is 0.297. The van der Waals surface area contributed by atoms with Crippen molar-refractivity contribution in [2.75, 3.05) is 13.1 Å². The highest BCUT2D eigenvalue weighted by atomic mass is 16.3. The molecule has 1 aliphatic carbocycles. The van der Waals surface area contributed by atoms with E-state index in [-0.39, 0.29) is 0 Å². The van der Waals surface area contributed by atoms with Crippen LogP contribution in [0.1, 0.15) is 19.3 Å². The third kappa shape index (κ3) is 3.72. The first-order valence-electron chi connectivity index (χ1n) is 12.5. The molecule has 1 amide bonds. The molecule has 2 aliphatic rings. The molecular formula is C30H27N3O2. The Morgan fingerprint density at radius 1 is 0.914 bits per heavy atom. The number of carbonyl (C=O) groups is 1. The minimum Gasteiger partial charge on any atom is -0.464 e. The van der Waals surface area contributed by atoms with Crippen molar-refractivity contribution in [3.05, 3.63) is 79.1 Å². The molecule has 174 valence electrons. The van der Waals surface area contributed by atoms with Gasteiger partial charge >= 0.3 is 0 Å². The number of benzene rings is 3. The van der Waals surface area contributed by atoms with Gasteiger partial charge in [-0.3, -0.25) is 4.79 Å². The van der Waals surface area contributed by atoms with E-state index in [1.54, 1.807) is 6.26 Å². The molecule has 5 aromatic rings. The molecule has 35 heavy (non-hydrogen) atoms. The zero-order chi connectivity index (χ0) is 23.4. The molecule has 1 atom stereocenters. The average Bonchev–Trinajstić information content (AvgIpc) is 3.30. The van der Waals surface area contributed by atoms with E-state index in [9.17, 15) is 4.79 Å². The van der Waals surface area contributed by atoms with Crippen molar-refractivity contribution in [1.29, 1.82) is 0 Å². The Labute approximate surface area is 204 Å². The number of nitrogens with zero attached hydrogens (tertiary/aromatic N) is 3. The first kappa shape index (κ1) is 20.5. The summed E-state index contributed by atoms with van der Waals surface area (Å²) in [5, 5.41) is 1.11. The van der Waals surface area contributed by atoms with Crippen LogP contribution in [0.25, 0.3) is 44.5 Å². The lowest BCUT2D eigenvalue weighted by Crippen LogP contribution is -2.30. The highest BCUT2D eigenvalue weighted by Gasteiger charge is 2.36. The number of aromatic nitrogens is 2. The van der Waals surface area contributed by atoms with E-state index >= 15 is 0 Å². The number of imidazole rings is 1. The maximum atomic E-state index is 12.6. The van der Waals surface area contributed by atoms with E-state index in [4.69, 9.17) is 9.40 Å². The third-order valence-corrected chi connectivity index (χ3v) is 7.55. The van der Waals surface area contributed by atoms with Gasteiger partial charge in [0.05, 0.1) is 17.3 Å². The molecule has 1 saturated heterocycles. The summed E-state index contributed by atoms with van der Waals surface area (Å²) in [7, 11) is 0. The maximum absolute atomic E-state index is 12.6. The van der Waals surface area contributed by atoms with E-state index in [1.165, 1.54) is 11.1 Å². The van der Waals surface area contributed by atoms with Gasteiger partial charge in [0.25, 0.3) is 0 Å². The standard InChI is InChI=1S/C30H27N3O2/c34-30(23-9-10-23)32-15-13-20(18-32)19-33-27-4-2-1-3-26(27)31-29(33)22-7-5-21(6-8-22)24-11-12-28-25(17-24)14-16-35-28/h1-8,11-12,14,16-17,20,23H,9-10,13,15,18-19H2. The Balaban J connectivity index is 1.19. The zero-order valence-corrected chi connectivity index (χ0v) is 19.6. The van der Waals surface area contributed by atoms with Crippen LogP contribution in [0.2, 0.25) is 0 Å². The number of rotatable bonds is 5. The molecule has 3 heterocycles. The number of amides is 1. The molecule has 2 aromatic heterocycles. The number of furan rings is 1. The fourth-order valence-corrected chi connectivity index (χ4v) is 5.47. The molecule has 1 unspecified atom stereocenters. The van der Waals surface area contributed by atoms with Crippen molar-refractivity contribution in [1.82, 2.24) is 14.5 Å². The summed E-state index contributed by atoms with van der Waals surface area (Å²) in [6, 6.07) is 25.3. The molecule has 5 heteroatoms. The lowest BCUT2D eigenvalue weighted by atomic mass is 10.0. The molecule has 0 spiro atoms. The number of likely N-dealkylation sites (tertiary alicyclic amines) is 1. The van der Waals surface area contributed by atoms with Gasteiger partial charge < -0.3 is 13.9 Å². The second kappa shape index (κ2) is 8.12. The van der Waals surface area contributed by atoms with E-state index in [0.717, 1.165) is 72.3 Å². The average molecular weight is 462 g/mol. The van der Waals surface area contributed by atoms with Crippen LogP contribution in [0, 0.1) is 11.8 Å². The monoisotopic (exact) mass is 461 g/mol. The number of fused-ring (bicyclic) bond motifs is 2. The molecule has 0 radical (unpaired) electrons. The lowest BCUT2D eigenvalue weighted by Gasteiger charge is -2.18. The highest BCUT2D eigenvalue weighted by Crippen LogP contribution is 2.34. The van der Waals surface area contributed by atoms with Crippen LogP contribution in [-0.4, -0.2) is 33.4 Å². The van der Waals surface area contributed by atoms with Crippen LogP contribution in [0.5, 0.6) is 0 Å². The molecule has 3 aromatic carbocycles. The smallest absolute Gasteiger partial charge is 0.225 e. The number of hydrogen-bond acceptors (Lipinski definition) is 3. The van der Waals surface area contributed by atoms with Crippen molar-refractivity contribution in [2.45, 2.75) is 25.8 Å². The molecule has 1 saturated carbocycles. The summed E-state index contributed by atoms with van der Waals surface area (Å²) in [5.74, 6) is 2.11. The SMILES string of the molecule is O=C(C1CC1)N1CCC(Cn2c(-c3ccc(-c4ccc5occc5c4)cc3)nc3ccccc32)C1. The summed E-state index contributed by atoms with van der Waals surface area (Å²) >= 11 is 0. The van der Waals surface area contributed by atoms with E-state index < -0.39 is 0 Å². The minimum absolute atomic E-state index is 0.297. The zero-order valence-electron chi connectivity index (χ0n) is 19.6. The topological polar surface area (TPSA) is 51.3 Å². The Bertz CT molecular complexity index is 1540. The first-order chi connectivity index (χ1) is 17.2. The van der Waals surface area contributed by atoms with Gasteiger partial charge in [-0.15, -0.1) is 0 Å². The molecule has 0 bridgehead atoms. The molecule has 1 aliphatic heterocycles. The summed E-state index contributed by atoms with van der Waals surface area (Å²) in [6.45, 7) is 2.62. The number of para-hydroxylation sites is 2. The van der Waals surface area contributed by atoms with Crippen LogP contribution in [-0.2, 0) is 11.3 Å². The molecular weight excluding hydrogens is 434 g/mol. The summed E-state index contributed by atoms with van der Waals surface area (Å²) in [5.41, 5.74) is 6.53. The fraction of sp³-hybridized carbons (Fsp3) is 0.267. The predicted molar refractivity (Wildman–Crippen MR) is 138 cm³/mol. The molecule has 5 nitrogen and oxygen atoms in total. The number of hydrogen-bond donors (Lipinski definition) is 0. The Kier molecular flexibility index (Phi) is 4.76. The second-order valence-electron chi connectivity index (χ2n) is 10.00. The van der Waals surface area contributed by atoms with Crippen molar-refractivity contribution < 1.29 is 9.21 Å². The third-order valence-electron chi connectivity index (χ3n) is 7.55. The largest absolute Gasteiger partial charge is 0.464 e. The molecule has 7 rings (SSSR count). The van der Waals surface area contributed by atoms with Crippen molar-refractivity contribution in [3.63, 3.8) is 0 Å². The van der Waals surface area contributed by atoms with Gasteiger partial charge in [-0.1, -0.05) is 42.5 Å². The van der Waals surface area contributed by atoms with Gasteiger partial charge in [-0.25, -0.2) is 4.98 Å². The summed E-state index contributed by atoms with van der Waals surface area (Å²) in [4.78, 5) is 19.7. The van der Waals surface area contributed by atoms with Crippen molar-refractivity contribution >= 4 is 27.9 Å². The highest BCUT2D eigenvalue weighted by molar-refractivity contribution is 5.85. The van der Waals surface area contributed by atoms with Crippen LogP contribution in [0.15, 0.2) is 83.5 Å². The Hall–Kier alpha value is -3.86. The van der Waals surface area contributed by atoms with Gasteiger partial charge in [0, 0.05) is 36.5 Å². The number of carbonyl (C=O) groups excluding carboxylic acids is 1. The molecule has 0 N–H and O–H groups in total. The maximum Gasteiger partial charge on any atom is 0.225 e. The first-order valence-corrected chi connectivity index (χ1v) is 12.5. The van der Waals surface area contributed by atoms with E-state index in [1.807, 2.05) is 18.2 Å². The Morgan fingerprint density at radius 2 is 1.71 bits per heavy atom. The van der Waals surface area contributed by atoms with Crippen LogP contribution >= 0.6 is 0 Å².